The summed E-state index contributed by atoms with van der Waals surface area (Å²) in [6.45, 7) is 0.151. The van der Waals surface area contributed by atoms with Gasteiger partial charge in [0, 0.05) is 6.42 Å². The molecule has 4 rings (SSSR count). The molecule has 2 aromatic carbocycles. The van der Waals surface area contributed by atoms with Gasteiger partial charge in [0.15, 0.2) is 0 Å². The third kappa shape index (κ3) is 3.27. The fourth-order valence-corrected chi connectivity index (χ4v) is 3.21. The van der Waals surface area contributed by atoms with Crippen molar-refractivity contribution in [3.63, 3.8) is 0 Å². The van der Waals surface area contributed by atoms with Gasteiger partial charge in [-0.3, -0.25) is 14.3 Å². The standard InChI is InChI=1S/C20H18N4O3/c25-18-17(16-11-15(22-23-16)14-9-5-2-6-10-14)19(26)24(20(27)21-18)12-13-7-3-1-4-8-13/h1-10,15,22,26H,11-12H2,(H,21,25,27). The van der Waals surface area contributed by atoms with E-state index in [9.17, 15) is 14.7 Å². The molecule has 1 unspecified atom stereocenters. The summed E-state index contributed by atoms with van der Waals surface area (Å²) in [4.78, 5) is 26.9. The summed E-state index contributed by atoms with van der Waals surface area (Å²) in [5.74, 6) is -0.373. The van der Waals surface area contributed by atoms with Crippen LogP contribution in [-0.2, 0) is 6.54 Å². The highest BCUT2D eigenvalue weighted by molar-refractivity contribution is 6.03. The van der Waals surface area contributed by atoms with Crippen LogP contribution in [0.25, 0.3) is 0 Å². The Hall–Kier alpha value is -3.61. The van der Waals surface area contributed by atoms with E-state index in [0.29, 0.717) is 12.1 Å². The Balaban J connectivity index is 1.68. The summed E-state index contributed by atoms with van der Waals surface area (Å²) in [5.41, 5.74) is 4.01. The quantitative estimate of drug-likeness (QED) is 0.658. The first-order valence-corrected chi connectivity index (χ1v) is 8.61. The van der Waals surface area contributed by atoms with Crippen molar-refractivity contribution in [1.29, 1.82) is 0 Å². The fraction of sp³-hybridized carbons (Fsp3) is 0.150. The van der Waals surface area contributed by atoms with E-state index in [0.717, 1.165) is 15.7 Å². The molecule has 1 aliphatic heterocycles. The van der Waals surface area contributed by atoms with Crippen LogP contribution in [0.3, 0.4) is 0 Å². The molecule has 2 heterocycles. The van der Waals surface area contributed by atoms with Crippen LogP contribution in [-0.4, -0.2) is 20.4 Å². The van der Waals surface area contributed by atoms with Crippen molar-refractivity contribution in [3.8, 4) is 5.88 Å². The number of hydrogen-bond donors (Lipinski definition) is 3. The van der Waals surface area contributed by atoms with Gasteiger partial charge in [-0.1, -0.05) is 60.7 Å². The van der Waals surface area contributed by atoms with Crippen molar-refractivity contribution >= 4 is 5.71 Å². The van der Waals surface area contributed by atoms with Crippen LogP contribution in [0.5, 0.6) is 5.88 Å². The molecule has 0 amide bonds. The van der Waals surface area contributed by atoms with Gasteiger partial charge in [0.2, 0.25) is 5.88 Å². The van der Waals surface area contributed by atoms with E-state index in [-0.39, 0.29) is 24.0 Å². The highest BCUT2D eigenvalue weighted by Gasteiger charge is 2.27. The number of hydrazone groups is 1. The summed E-state index contributed by atoms with van der Waals surface area (Å²) in [5, 5.41) is 14.9. The average molecular weight is 362 g/mol. The van der Waals surface area contributed by atoms with E-state index in [1.807, 2.05) is 60.7 Å². The first-order chi connectivity index (χ1) is 13.1. The minimum atomic E-state index is -0.656. The van der Waals surface area contributed by atoms with Crippen LogP contribution in [0.15, 0.2) is 75.4 Å². The first kappa shape index (κ1) is 16.8. The van der Waals surface area contributed by atoms with Gasteiger partial charge < -0.3 is 10.5 Å². The molecular formula is C20H18N4O3. The van der Waals surface area contributed by atoms with Gasteiger partial charge >= 0.3 is 5.69 Å². The monoisotopic (exact) mass is 362 g/mol. The molecule has 0 spiro atoms. The molecule has 1 aromatic heterocycles. The maximum absolute atomic E-state index is 12.4. The zero-order chi connectivity index (χ0) is 18.8. The average Bonchev–Trinajstić information content (AvgIpc) is 3.16. The number of nitrogens with zero attached hydrogens (tertiary/aromatic N) is 2. The number of benzene rings is 2. The zero-order valence-corrected chi connectivity index (χ0v) is 14.4. The van der Waals surface area contributed by atoms with E-state index < -0.39 is 11.2 Å². The summed E-state index contributed by atoms with van der Waals surface area (Å²) >= 11 is 0. The van der Waals surface area contributed by atoms with Crippen molar-refractivity contribution in [2.75, 3.05) is 0 Å². The molecule has 0 bridgehead atoms. The number of aromatic nitrogens is 2. The largest absolute Gasteiger partial charge is 0.494 e. The second kappa shape index (κ2) is 6.95. The summed E-state index contributed by atoms with van der Waals surface area (Å²) in [7, 11) is 0. The Labute approximate surface area is 154 Å². The summed E-state index contributed by atoms with van der Waals surface area (Å²) in [6, 6.07) is 18.9. The number of hydrogen-bond acceptors (Lipinski definition) is 5. The molecule has 3 aromatic rings. The smallest absolute Gasteiger partial charge is 0.331 e. The van der Waals surface area contributed by atoms with Crippen LogP contribution in [0.2, 0.25) is 0 Å². The minimum Gasteiger partial charge on any atom is -0.494 e. The van der Waals surface area contributed by atoms with Crippen molar-refractivity contribution < 1.29 is 5.11 Å². The molecule has 27 heavy (non-hydrogen) atoms. The second-order valence-corrected chi connectivity index (χ2v) is 6.38. The SMILES string of the molecule is O=c1[nH]c(=O)n(Cc2ccccc2)c(O)c1C1=NNC(c2ccccc2)C1. The van der Waals surface area contributed by atoms with Crippen LogP contribution in [0.4, 0.5) is 0 Å². The first-order valence-electron chi connectivity index (χ1n) is 8.61. The molecule has 7 nitrogen and oxygen atoms in total. The topological polar surface area (TPSA) is 99.5 Å². The van der Waals surface area contributed by atoms with Crippen LogP contribution in [0, 0.1) is 0 Å². The van der Waals surface area contributed by atoms with Crippen molar-refractivity contribution in [3.05, 3.63) is 98.2 Å². The zero-order valence-electron chi connectivity index (χ0n) is 14.4. The van der Waals surface area contributed by atoms with Crippen LogP contribution in [0.1, 0.15) is 29.2 Å². The molecule has 0 radical (unpaired) electrons. The number of aromatic hydroxyl groups is 1. The molecule has 0 fully saturated rings. The van der Waals surface area contributed by atoms with Gasteiger partial charge in [-0.25, -0.2) is 4.79 Å². The second-order valence-electron chi connectivity index (χ2n) is 6.38. The number of aromatic amines is 1. The van der Waals surface area contributed by atoms with Gasteiger partial charge in [0.25, 0.3) is 5.56 Å². The van der Waals surface area contributed by atoms with Crippen molar-refractivity contribution in [1.82, 2.24) is 15.0 Å². The molecule has 1 aliphatic rings. The predicted octanol–water partition coefficient (Wildman–Crippen LogP) is 1.73. The lowest BCUT2D eigenvalue weighted by Gasteiger charge is -2.12. The number of H-pyrrole nitrogens is 1. The van der Waals surface area contributed by atoms with Gasteiger partial charge in [0.05, 0.1) is 18.3 Å². The Morgan fingerprint density at radius 1 is 1.04 bits per heavy atom. The fourth-order valence-electron chi connectivity index (χ4n) is 3.21. The third-order valence-electron chi connectivity index (χ3n) is 4.60. The minimum absolute atomic E-state index is 0.0245. The molecule has 0 saturated carbocycles. The maximum atomic E-state index is 12.4. The lowest BCUT2D eigenvalue weighted by atomic mass is 10.00. The van der Waals surface area contributed by atoms with Gasteiger partial charge in [-0.15, -0.1) is 0 Å². The summed E-state index contributed by atoms with van der Waals surface area (Å²) in [6.07, 6.45) is 0.435. The Morgan fingerprint density at radius 2 is 1.70 bits per heavy atom. The normalized spacial score (nSPS) is 16.0. The lowest BCUT2D eigenvalue weighted by Crippen LogP contribution is -2.34. The van der Waals surface area contributed by atoms with Crippen LogP contribution < -0.4 is 16.7 Å². The highest BCUT2D eigenvalue weighted by Crippen LogP contribution is 2.25. The molecule has 0 saturated heterocycles. The third-order valence-corrected chi connectivity index (χ3v) is 4.60. The Bertz CT molecular complexity index is 1100. The van der Waals surface area contributed by atoms with E-state index >= 15 is 0 Å². The van der Waals surface area contributed by atoms with Gasteiger partial charge in [0.1, 0.15) is 5.56 Å². The predicted molar refractivity (Wildman–Crippen MR) is 102 cm³/mol. The molecule has 136 valence electrons. The molecule has 7 heteroatoms. The number of rotatable bonds is 4. The van der Waals surface area contributed by atoms with E-state index in [4.69, 9.17) is 0 Å². The van der Waals surface area contributed by atoms with E-state index in [1.54, 1.807) is 0 Å². The van der Waals surface area contributed by atoms with E-state index in [1.165, 1.54) is 0 Å². The van der Waals surface area contributed by atoms with Gasteiger partial charge in [-0.05, 0) is 11.1 Å². The van der Waals surface area contributed by atoms with Crippen molar-refractivity contribution in [2.24, 2.45) is 5.10 Å². The Morgan fingerprint density at radius 3 is 2.41 bits per heavy atom. The molecule has 1 atom stereocenters. The lowest BCUT2D eigenvalue weighted by molar-refractivity contribution is 0.408. The summed E-state index contributed by atoms with van der Waals surface area (Å²) < 4.78 is 1.14. The molecular weight excluding hydrogens is 344 g/mol. The Kier molecular flexibility index (Phi) is 4.33. The maximum Gasteiger partial charge on any atom is 0.331 e. The van der Waals surface area contributed by atoms with Crippen LogP contribution >= 0.6 is 0 Å². The highest BCUT2D eigenvalue weighted by atomic mass is 16.3. The van der Waals surface area contributed by atoms with Gasteiger partial charge in [-0.2, -0.15) is 5.10 Å². The van der Waals surface area contributed by atoms with Crippen molar-refractivity contribution in [2.45, 2.75) is 19.0 Å². The number of nitrogens with one attached hydrogen (secondary N) is 2. The van der Waals surface area contributed by atoms with E-state index in [2.05, 4.69) is 15.5 Å². The molecule has 0 aliphatic carbocycles. The molecule has 3 N–H and O–H groups in total.